The van der Waals surface area contributed by atoms with Crippen molar-refractivity contribution in [3.63, 3.8) is 0 Å². The minimum absolute atomic E-state index is 0.200. The fourth-order valence-corrected chi connectivity index (χ4v) is 10.1. The number of hydrogen-bond donors (Lipinski definition) is 1. The van der Waals surface area contributed by atoms with Gasteiger partial charge in [-0.2, -0.15) is 0 Å². The van der Waals surface area contributed by atoms with Gasteiger partial charge in [0.25, 0.3) is 0 Å². The number of allylic oxidation sites excluding steroid dienone is 4. The number of aliphatic hydroxyl groups excluding tert-OH is 1. The summed E-state index contributed by atoms with van der Waals surface area (Å²) in [6.07, 6.45) is 35.5. The Kier molecular flexibility index (Phi) is 34.0. The molecule has 6 nitrogen and oxygen atoms in total. The molecular formula is C40H79NO5Si2. The quantitative estimate of drug-likeness (QED) is 0.0397. The first kappa shape index (κ1) is 47.2. The van der Waals surface area contributed by atoms with Crippen LogP contribution >= 0.6 is 0 Å². The smallest absolute Gasteiger partial charge is 0.334 e. The minimum Gasteiger partial charge on any atom is -0.395 e. The molecule has 0 bridgehead atoms. The van der Waals surface area contributed by atoms with Gasteiger partial charge in [-0.25, -0.2) is 0 Å². The Morgan fingerprint density at radius 1 is 0.438 bits per heavy atom. The topological polar surface area (TPSA) is 60.4 Å². The lowest BCUT2D eigenvalue weighted by Crippen LogP contribution is -2.40. The Balaban J connectivity index is 4.85. The molecule has 0 rings (SSSR count). The Bertz CT molecular complexity index is 698. The van der Waals surface area contributed by atoms with Crippen LogP contribution in [-0.2, 0) is 17.7 Å². The van der Waals surface area contributed by atoms with E-state index in [2.05, 4.69) is 94.3 Å². The lowest BCUT2D eigenvalue weighted by molar-refractivity contribution is 0.172. The summed E-state index contributed by atoms with van der Waals surface area (Å²) in [4.78, 5) is 2.43. The first-order valence-electron chi connectivity index (χ1n) is 19.9. The van der Waals surface area contributed by atoms with Crippen molar-refractivity contribution in [2.24, 2.45) is 0 Å². The van der Waals surface area contributed by atoms with Crippen molar-refractivity contribution in [3.8, 4) is 0 Å². The molecule has 0 spiro atoms. The molecule has 282 valence electrons. The predicted octanol–water partition coefficient (Wildman–Crippen LogP) is 11.0. The molecular weight excluding hydrogens is 631 g/mol. The van der Waals surface area contributed by atoms with E-state index in [0.29, 0.717) is 0 Å². The largest absolute Gasteiger partial charge is 0.395 e. The zero-order chi connectivity index (χ0) is 35.4. The van der Waals surface area contributed by atoms with Crippen LogP contribution in [0, 0.1) is 0 Å². The summed E-state index contributed by atoms with van der Waals surface area (Å²) in [6.45, 7) is 19.2. The van der Waals surface area contributed by atoms with Crippen molar-refractivity contribution in [1.82, 2.24) is 4.90 Å². The molecule has 0 heterocycles. The van der Waals surface area contributed by atoms with Crippen molar-refractivity contribution in [3.05, 3.63) is 48.6 Å². The van der Waals surface area contributed by atoms with Crippen molar-refractivity contribution in [1.29, 1.82) is 0 Å². The molecule has 1 N–H and O–H groups in total. The molecule has 0 fully saturated rings. The van der Waals surface area contributed by atoms with Crippen LogP contribution in [-0.4, -0.2) is 79.8 Å². The Morgan fingerprint density at radius 3 is 1.00 bits per heavy atom. The van der Waals surface area contributed by atoms with Crippen LogP contribution in [0.2, 0.25) is 25.2 Å². The lowest BCUT2D eigenvalue weighted by atomic mass is 10.2. The second-order valence-electron chi connectivity index (χ2n) is 13.3. The van der Waals surface area contributed by atoms with Crippen molar-refractivity contribution >= 4 is 17.1 Å². The maximum absolute atomic E-state index is 9.78. The summed E-state index contributed by atoms with van der Waals surface area (Å²) in [7, 11) is -4.48. The van der Waals surface area contributed by atoms with E-state index < -0.39 is 17.1 Å². The van der Waals surface area contributed by atoms with Gasteiger partial charge in [-0.15, -0.1) is 0 Å². The van der Waals surface area contributed by atoms with Gasteiger partial charge in [0, 0.05) is 33.0 Å². The second kappa shape index (κ2) is 34.6. The Hall–Kier alpha value is -0.846. The van der Waals surface area contributed by atoms with E-state index >= 15 is 0 Å². The van der Waals surface area contributed by atoms with Gasteiger partial charge in [-0.1, -0.05) is 115 Å². The van der Waals surface area contributed by atoms with Gasteiger partial charge in [-0.05, 0) is 102 Å². The molecule has 0 saturated carbocycles. The number of unbranched alkanes of at least 4 members (excludes halogenated alkanes) is 6. The summed E-state index contributed by atoms with van der Waals surface area (Å²) < 4.78 is 25.9. The van der Waals surface area contributed by atoms with Crippen LogP contribution in [0.5, 0.6) is 0 Å². The average Bonchev–Trinajstić information content (AvgIpc) is 3.08. The van der Waals surface area contributed by atoms with Crippen LogP contribution in [0.15, 0.2) is 48.6 Å². The molecule has 0 aliphatic carbocycles. The fourth-order valence-electron chi connectivity index (χ4n) is 5.39. The van der Waals surface area contributed by atoms with Gasteiger partial charge in [0.2, 0.25) is 0 Å². The van der Waals surface area contributed by atoms with Crippen molar-refractivity contribution in [2.45, 2.75) is 156 Å². The highest BCUT2D eigenvalue weighted by atomic mass is 28.4. The highest BCUT2D eigenvalue weighted by Gasteiger charge is 2.31. The normalized spacial score (nSPS) is 13.2. The predicted molar refractivity (Wildman–Crippen MR) is 213 cm³/mol. The summed E-state index contributed by atoms with van der Waals surface area (Å²) >= 11 is 0. The van der Waals surface area contributed by atoms with Crippen LogP contribution < -0.4 is 0 Å². The molecule has 0 saturated heterocycles. The second-order valence-corrected chi connectivity index (χ2v) is 20.0. The maximum atomic E-state index is 9.78. The van der Waals surface area contributed by atoms with Gasteiger partial charge in [0.15, 0.2) is 0 Å². The van der Waals surface area contributed by atoms with Gasteiger partial charge in [0.05, 0.1) is 6.61 Å². The van der Waals surface area contributed by atoms with E-state index in [1.54, 1.807) is 0 Å². The van der Waals surface area contributed by atoms with Gasteiger partial charge in [-0.3, -0.25) is 0 Å². The Labute approximate surface area is 300 Å². The first-order chi connectivity index (χ1) is 23.4. The van der Waals surface area contributed by atoms with Gasteiger partial charge >= 0.3 is 17.1 Å². The van der Waals surface area contributed by atoms with Gasteiger partial charge < -0.3 is 27.7 Å². The molecule has 0 aromatic heterocycles. The summed E-state index contributed by atoms with van der Waals surface area (Å²) in [5.74, 6) is 0. The third-order valence-corrected chi connectivity index (χ3v) is 14.2. The monoisotopic (exact) mass is 710 g/mol. The average molecular weight is 710 g/mol. The van der Waals surface area contributed by atoms with Crippen LogP contribution in [0.4, 0.5) is 0 Å². The zero-order valence-electron chi connectivity index (χ0n) is 32.5. The zero-order valence-corrected chi connectivity index (χ0v) is 34.5. The minimum atomic E-state index is -2.24. The van der Waals surface area contributed by atoms with E-state index in [1.165, 1.54) is 25.7 Å². The van der Waals surface area contributed by atoms with Crippen molar-refractivity contribution < 1.29 is 22.8 Å². The third kappa shape index (κ3) is 30.0. The number of hydrogen-bond acceptors (Lipinski definition) is 6. The van der Waals surface area contributed by atoms with E-state index in [4.69, 9.17) is 17.7 Å². The number of rotatable bonds is 36. The molecule has 0 amide bonds. The van der Waals surface area contributed by atoms with Crippen LogP contribution in [0.3, 0.4) is 0 Å². The molecule has 8 heteroatoms. The van der Waals surface area contributed by atoms with Gasteiger partial charge in [0.1, 0.15) is 0 Å². The SMILES string of the molecule is CCC/C=C\CCO[Si](C)(CCCCN(CCO)CCCC[Si](C)(OCC/C=C\CCC)OCC/C=C\CCC)OCC/C=C\CCC. The molecule has 0 radical (unpaired) electrons. The van der Waals surface area contributed by atoms with Crippen LogP contribution in [0.1, 0.15) is 130 Å². The highest BCUT2D eigenvalue weighted by Crippen LogP contribution is 2.21. The summed E-state index contributed by atoms with van der Waals surface area (Å²) in [6, 6.07) is 2.02. The molecule has 0 unspecified atom stereocenters. The van der Waals surface area contributed by atoms with E-state index in [-0.39, 0.29) is 6.61 Å². The first-order valence-corrected chi connectivity index (χ1v) is 24.9. The maximum Gasteiger partial charge on any atom is 0.334 e. The highest BCUT2D eigenvalue weighted by molar-refractivity contribution is 6.66. The number of aliphatic hydroxyl groups is 1. The summed E-state index contributed by atoms with van der Waals surface area (Å²) in [5, 5.41) is 9.78. The van der Waals surface area contributed by atoms with E-state index in [0.717, 1.165) is 135 Å². The molecule has 48 heavy (non-hydrogen) atoms. The fraction of sp³-hybridized carbons (Fsp3) is 0.800. The number of nitrogens with zero attached hydrogens (tertiary/aromatic N) is 1. The van der Waals surface area contributed by atoms with Crippen LogP contribution in [0.25, 0.3) is 0 Å². The molecule has 0 aliphatic rings. The molecule has 0 aliphatic heterocycles. The standard InChI is InChI=1S/C40H79NO5Si2/c1-7-11-15-19-25-35-43-47(5,44-36-26-20-16-12-8-2)39-29-23-31-41(33-34-42)32-24-30-40-48(6,45-37-27-21-17-13-9-3)46-38-28-22-18-14-10-4/h15-22,42H,7-14,23-40H2,1-6H3/b19-15-,20-16-,21-17-,22-18-. The third-order valence-electron chi connectivity index (χ3n) is 8.38. The summed E-state index contributed by atoms with van der Waals surface area (Å²) in [5.41, 5.74) is 0. The Morgan fingerprint density at radius 2 is 0.729 bits per heavy atom. The molecule has 0 atom stereocenters. The van der Waals surface area contributed by atoms with Crippen molar-refractivity contribution in [2.75, 3.05) is 52.7 Å². The van der Waals surface area contributed by atoms with E-state index in [1.807, 2.05) is 0 Å². The molecule has 0 aromatic carbocycles. The molecule has 0 aromatic rings. The lowest BCUT2D eigenvalue weighted by Gasteiger charge is -2.28. The van der Waals surface area contributed by atoms with E-state index in [9.17, 15) is 5.11 Å².